The van der Waals surface area contributed by atoms with Crippen LogP contribution in [0.15, 0.2) is 30.3 Å². The molecule has 0 bridgehead atoms. The maximum Gasteiger partial charge on any atom is 0.225 e. The number of para-hydroxylation sites is 1. The molecule has 0 aliphatic rings. The molecule has 16 heavy (non-hydrogen) atoms. The van der Waals surface area contributed by atoms with Gasteiger partial charge in [0.2, 0.25) is 5.91 Å². The number of rotatable bonds is 4. The van der Waals surface area contributed by atoms with E-state index < -0.39 is 15.1 Å². The molecule has 0 aliphatic heterocycles. The lowest BCUT2D eigenvalue weighted by Gasteiger charge is -2.09. The van der Waals surface area contributed by atoms with E-state index >= 15 is 0 Å². The number of amides is 1. The largest absolute Gasteiger partial charge is 0.326 e. The number of hydrogen-bond donors (Lipinski definition) is 1. The molecule has 0 heterocycles. The maximum atomic E-state index is 11.5. The molecule has 0 spiro atoms. The second-order valence-corrected chi connectivity index (χ2v) is 6.22. The molecule has 88 valence electrons. The zero-order valence-electron chi connectivity index (χ0n) is 9.30. The van der Waals surface area contributed by atoms with Gasteiger partial charge in [0.15, 0.2) is 9.84 Å². The van der Waals surface area contributed by atoms with Crippen molar-refractivity contribution in [2.24, 2.45) is 0 Å². The van der Waals surface area contributed by atoms with Crippen molar-refractivity contribution in [3.05, 3.63) is 30.3 Å². The Labute approximate surface area is 95.6 Å². The Kier molecular flexibility index (Phi) is 4.06. The molecule has 1 aromatic carbocycles. The minimum atomic E-state index is -3.15. The second-order valence-electron chi connectivity index (χ2n) is 3.76. The minimum Gasteiger partial charge on any atom is -0.326 e. The van der Waals surface area contributed by atoms with Gasteiger partial charge >= 0.3 is 0 Å². The van der Waals surface area contributed by atoms with Crippen molar-refractivity contribution in [3.8, 4) is 0 Å². The number of carbonyl (C=O) groups excluding carboxylic acids is 1. The molecule has 0 aliphatic carbocycles. The van der Waals surface area contributed by atoms with E-state index in [1.807, 2.05) is 6.07 Å². The average Bonchev–Trinajstić information content (AvgIpc) is 2.17. The molecule has 1 unspecified atom stereocenters. The van der Waals surface area contributed by atoms with Gasteiger partial charge in [-0.15, -0.1) is 0 Å². The molecule has 1 amide bonds. The summed E-state index contributed by atoms with van der Waals surface area (Å²) in [4.78, 5) is 11.5. The highest BCUT2D eigenvalue weighted by Gasteiger charge is 2.18. The van der Waals surface area contributed by atoms with Crippen molar-refractivity contribution in [2.45, 2.75) is 18.6 Å². The molecular weight excluding hydrogens is 226 g/mol. The summed E-state index contributed by atoms with van der Waals surface area (Å²) in [5.74, 6) is -0.288. The van der Waals surface area contributed by atoms with E-state index in [0.717, 1.165) is 6.26 Å². The van der Waals surface area contributed by atoms with E-state index in [2.05, 4.69) is 5.32 Å². The number of anilines is 1. The number of hydrogen-bond acceptors (Lipinski definition) is 3. The minimum absolute atomic E-state index is 0.0201. The van der Waals surface area contributed by atoms with E-state index in [1.54, 1.807) is 24.3 Å². The monoisotopic (exact) mass is 241 g/mol. The van der Waals surface area contributed by atoms with Crippen molar-refractivity contribution in [1.29, 1.82) is 0 Å². The zero-order chi connectivity index (χ0) is 12.2. The number of carbonyl (C=O) groups is 1. The van der Waals surface area contributed by atoms with Crippen LogP contribution in [0, 0.1) is 0 Å². The second kappa shape index (κ2) is 5.12. The summed E-state index contributed by atoms with van der Waals surface area (Å²) in [5, 5.41) is 1.99. The van der Waals surface area contributed by atoms with Crippen molar-refractivity contribution >= 4 is 21.4 Å². The van der Waals surface area contributed by atoms with Gasteiger partial charge in [0, 0.05) is 18.4 Å². The van der Waals surface area contributed by atoms with E-state index in [9.17, 15) is 13.2 Å². The number of benzene rings is 1. The van der Waals surface area contributed by atoms with Crippen LogP contribution in [0.25, 0.3) is 0 Å². The standard InChI is InChI=1S/C11H15NO3S/c1-9(16(2,14)15)8-11(13)12-10-6-4-3-5-7-10/h3-7,9H,8H2,1-2H3,(H,12,13). The predicted molar refractivity (Wildman–Crippen MR) is 64.0 cm³/mol. The molecule has 4 nitrogen and oxygen atoms in total. The van der Waals surface area contributed by atoms with Gasteiger partial charge in [-0.05, 0) is 19.1 Å². The first-order valence-corrected chi connectivity index (χ1v) is 6.89. The Morgan fingerprint density at radius 1 is 1.31 bits per heavy atom. The first-order valence-electron chi connectivity index (χ1n) is 4.93. The van der Waals surface area contributed by atoms with Crippen LogP contribution in [0.1, 0.15) is 13.3 Å². The van der Waals surface area contributed by atoms with Gasteiger partial charge in [-0.1, -0.05) is 18.2 Å². The Morgan fingerprint density at radius 3 is 2.38 bits per heavy atom. The molecule has 0 saturated carbocycles. The quantitative estimate of drug-likeness (QED) is 0.867. The van der Waals surface area contributed by atoms with Gasteiger partial charge in [-0.2, -0.15) is 0 Å². The van der Waals surface area contributed by atoms with Crippen molar-refractivity contribution in [3.63, 3.8) is 0 Å². The van der Waals surface area contributed by atoms with Crippen LogP contribution in [-0.4, -0.2) is 25.8 Å². The number of nitrogens with one attached hydrogen (secondary N) is 1. The highest BCUT2D eigenvalue weighted by Crippen LogP contribution is 2.08. The summed E-state index contributed by atoms with van der Waals surface area (Å²) in [6.45, 7) is 1.53. The molecule has 0 radical (unpaired) electrons. The lowest BCUT2D eigenvalue weighted by Crippen LogP contribution is -2.23. The van der Waals surface area contributed by atoms with Crippen molar-refractivity contribution < 1.29 is 13.2 Å². The first-order chi connectivity index (χ1) is 7.39. The van der Waals surface area contributed by atoms with Crippen LogP contribution >= 0.6 is 0 Å². The molecule has 0 fully saturated rings. The highest BCUT2D eigenvalue weighted by atomic mass is 32.2. The zero-order valence-corrected chi connectivity index (χ0v) is 10.1. The van der Waals surface area contributed by atoms with E-state index in [4.69, 9.17) is 0 Å². The fourth-order valence-corrected chi connectivity index (χ4v) is 1.60. The third-order valence-electron chi connectivity index (χ3n) is 2.26. The van der Waals surface area contributed by atoms with Gasteiger partial charge in [-0.3, -0.25) is 4.79 Å². The van der Waals surface area contributed by atoms with Gasteiger partial charge in [0.1, 0.15) is 0 Å². The van der Waals surface area contributed by atoms with Crippen molar-refractivity contribution in [2.75, 3.05) is 11.6 Å². The van der Waals surface area contributed by atoms with Crippen LogP contribution in [0.3, 0.4) is 0 Å². The van der Waals surface area contributed by atoms with E-state index in [-0.39, 0.29) is 12.3 Å². The third kappa shape index (κ3) is 4.02. The van der Waals surface area contributed by atoms with Gasteiger partial charge < -0.3 is 5.32 Å². The molecule has 0 saturated heterocycles. The Bertz CT molecular complexity index is 453. The summed E-state index contributed by atoms with van der Waals surface area (Å²) in [5.41, 5.74) is 0.674. The van der Waals surface area contributed by atoms with Crippen molar-refractivity contribution in [1.82, 2.24) is 0 Å². The van der Waals surface area contributed by atoms with Gasteiger partial charge in [-0.25, -0.2) is 8.42 Å². The van der Waals surface area contributed by atoms with Crippen LogP contribution in [0.5, 0.6) is 0 Å². The lowest BCUT2D eigenvalue weighted by molar-refractivity contribution is -0.116. The maximum absolute atomic E-state index is 11.5. The van der Waals surface area contributed by atoms with E-state index in [1.165, 1.54) is 6.92 Å². The molecule has 1 rings (SSSR count). The molecule has 1 atom stereocenters. The lowest BCUT2D eigenvalue weighted by atomic mass is 10.3. The summed E-state index contributed by atoms with van der Waals surface area (Å²) in [6, 6.07) is 8.95. The van der Waals surface area contributed by atoms with E-state index in [0.29, 0.717) is 5.69 Å². The summed E-state index contributed by atoms with van der Waals surface area (Å²) in [6.07, 6.45) is 1.11. The molecular formula is C11H15NO3S. The Balaban J connectivity index is 2.56. The fraction of sp³-hybridized carbons (Fsp3) is 0.364. The third-order valence-corrected chi connectivity index (χ3v) is 3.89. The smallest absolute Gasteiger partial charge is 0.225 e. The fourth-order valence-electron chi connectivity index (χ4n) is 1.15. The topological polar surface area (TPSA) is 63.2 Å². The van der Waals surface area contributed by atoms with Gasteiger partial charge in [0.25, 0.3) is 0 Å². The summed E-state index contributed by atoms with van der Waals surface area (Å²) < 4.78 is 22.3. The Hall–Kier alpha value is -1.36. The SMILES string of the molecule is CC(CC(=O)Nc1ccccc1)S(C)(=O)=O. The molecule has 0 aromatic heterocycles. The molecule has 5 heteroatoms. The average molecular weight is 241 g/mol. The molecule has 1 aromatic rings. The van der Waals surface area contributed by atoms with Crippen LogP contribution in [-0.2, 0) is 14.6 Å². The molecule has 1 N–H and O–H groups in total. The number of sulfone groups is 1. The summed E-state index contributed by atoms with van der Waals surface area (Å²) in [7, 11) is -3.15. The first kappa shape index (κ1) is 12.7. The van der Waals surface area contributed by atoms with Crippen LogP contribution in [0.4, 0.5) is 5.69 Å². The normalized spacial score (nSPS) is 13.1. The highest BCUT2D eigenvalue weighted by molar-refractivity contribution is 7.91. The van der Waals surface area contributed by atoms with Gasteiger partial charge in [0.05, 0.1) is 5.25 Å². The van der Waals surface area contributed by atoms with Crippen LogP contribution < -0.4 is 5.32 Å². The summed E-state index contributed by atoms with van der Waals surface area (Å²) >= 11 is 0. The van der Waals surface area contributed by atoms with Crippen LogP contribution in [0.2, 0.25) is 0 Å². The predicted octanol–water partition coefficient (Wildman–Crippen LogP) is 1.45. The Morgan fingerprint density at radius 2 is 1.88 bits per heavy atom.